The van der Waals surface area contributed by atoms with Crippen LogP contribution in [0.15, 0.2) is 12.1 Å². The molecular weight excluding hydrogens is 216 g/mol. The molecule has 1 rings (SSSR count). The van der Waals surface area contributed by atoms with Crippen molar-refractivity contribution < 1.29 is 9.53 Å². The Hall–Kier alpha value is -1.55. The highest BCUT2D eigenvalue weighted by atomic mass is 16.5. The number of hydrogen-bond acceptors (Lipinski definition) is 3. The minimum Gasteiger partial charge on any atom is -0.496 e. The molecule has 0 saturated heterocycles. The van der Waals surface area contributed by atoms with Gasteiger partial charge < -0.3 is 15.8 Å². The minimum absolute atomic E-state index is 0.0423. The number of nitrogens with one attached hydrogen (secondary N) is 1. The maximum absolute atomic E-state index is 11.0. The third-order valence-electron chi connectivity index (χ3n) is 2.76. The Bertz CT molecular complexity index is 403. The summed E-state index contributed by atoms with van der Waals surface area (Å²) in [5.74, 6) is 0.783. The van der Waals surface area contributed by atoms with Gasteiger partial charge in [-0.25, -0.2) is 0 Å². The van der Waals surface area contributed by atoms with E-state index in [1.807, 2.05) is 19.9 Å². The number of carbonyl (C=O) groups is 1. The molecule has 3 N–H and O–H groups in total. The van der Waals surface area contributed by atoms with Gasteiger partial charge in [0.15, 0.2) is 0 Å². The lowest BCUT2D eigenvalue weighted by Gasteiger charge is -2.11. The molecule has 0 fully saturated rings. The monoisotopic (exact) mass is 236 g/mol. The Morgan fingerprint density at radius 2 is 2.06 bits per heavy atom. The summed E-state index contributed by atoms with van der Waals surface area (Å²) < 4.78 is 5.25. The molecule has 4 heteroatoms. The van der Waals surface area contributed by atoms with Crippen LogP contribution in [0, 0.1) is 13.8 Å². The maximum atomic E-state index is 11.0. The molecule has 0 saturated carbocycles. The number of amides is 1. The molecule has 0 aromatic heterocycles. The topological polar surface area (TPSA) is 64.3 Å². The fraction of sp³-hybridized carbons (Fsp3) is 0.462. The van der Waals surface area contributed by atoms with Crippen molar-refractivity contribution >= 4 is 5.91 Å². The first-order valence-corrected chi connectivity index (χ1v) is 5.69. The third kappa shape index (κ3) is 3.75. The molecule has 0 aliphatic heterocycles. The molecule has 4 nitrogen and oxygen atoms in total. The SMILES string of the molecule is COc1cc(C)c(CCNC(=O)CN)cc1C. The molecule has 0 atom stereocenters. The largest absolute Gasteiger partial charge is 0.496 e. The van der Waals surface area contributed by atoms with Gasteiger partial charge in [-0.05, 0) is 43.0 Å². The fourth-order valence-electron chi connectivity index (χ4n) is 1.75. The quantitative estimate of drug-likeness (QED) is 0.799. The van der Waals surface area contributed by atoms with Gasteiger partial charge >= 0.3 is 0 Å². The van der Waals surface area contributed by atoms with E-state index in [1.54, 1.807) is 7.11 Å². The van der Waals surface area contributed by atoms with E-state index in [2.05, 4.69) is 11.4 Å². The molecule has 0 spiro atoms. The normalized spacial score (nSPS) is 10.1. The van der Waals surface area contributed by atoms with Crippen LogP contribution in [0.4, 0.5) is 0 Å². The van der Waals surface area contributed by atoms with Crippen molar-refractivity contribution in [1.82, 2.24) is 5.32 Å². The van der Waals surface area contributed by atoms with Gasteiger partial charge in [-0.3, -0.25) is 4.79 Å². The van der Waals surface area contributed by atoms with E-state index in [9.17, 15) is 4.79 Å². The van der Waals surface area contributed by atoms with Gasteiger partial charge in [-0.2, -0.15) is 0 Å². The highest BCUT2D eigenvalue weighted by molar-refractivity contribution is 5.77. The Balaban J connectivity index is 2.65. The molecule has 0 bridgehead atoms. The summed E-state index contributed by atoms with van der Waals surface area (Å²) in [7, 11) is 1.67. The fourth-order valence-corrected chi connectivity index (χ4v) is 1.75. The van der Waals surface area contributed by atoms with Gasteiger partial charge in [-0.15, -0.1) is 0 Å². The standard InChI is InChI=1S/C13H20N2O2/c1-9-7-12(17-3)10(2)6-11(9)4-5-15-13(16)8-14/h6-7H,4-5,8,14H2,1-3H3,(H,15,16). The minimum atomic E-state index is -0.118. The highest BCUT2D eigenvalue weighted by Crippen LogP contribution is 2.22. The van der Waals surface area contributed by atoms with E-state index < -0.39 is 0 Å². The third-order valence-corrected chi connectivity index (χ3v) is 2.76. The molecule has 0 radical (unpaired) electrons. The molecule has 0 aliphatic carbocycles. The number of ether oxygens (including phenoxy) is 1. The van der Waals surface area contributed by atoms with E-state index in [4.69, 9.17) is 10.5 Å². The van der Waals surface area contributed by atoms with Crippen LogP contribution in [0.1, 0.15) is 16.7 Å². The summed E-state index contributed by atoms with van der Waals surface area (Å²) >= 11 is 0. The first-order chi connectivity index (χ1) is 8.08. The Morgan fingerprint density at radius 3 is 2.65 bits per heavy atom. The number of methoxy groups -OCH3 is 1. The Kier molecular flexibility index (Phi) is 4.97. The first kappa shape index (κ1) is 13.5. The van der Waals surface area contributed by atoms with E-state index in [-0.39, 0.29) is 12.5 Å². The van der Waals surface area contributed by atoms with Crippen molar-refractivity contribution in [2.75, 3.05) is 20.2 Å². The summed E-state index contributed by atoms with van der Waals surface area (Å²) in [6.45, 7) is 4.71. The summed E-state index contributed by atoms with van der Waals surface area (Å²) in [6.07, 6.45) is 0.808. The second kappa shape index (κ2) is 6.25. The summed E-state index contributed by atoms with van der Waals surface area (Å²) in [5.41, 5.74) is 8.72. The zero-order chi connectivity index (χ0) is 12.8. The van der Waals surface area contributed by atoms with E-state index in [0.717, 1.165) is 17.7 Å². The predicted octanol–water partition coefficient (Wildman–Crippen LogP) is 0.929. The van der Waals surface area contributed by atoms with Crippen molar-refractivity contribution in [3.05, 3.63) is 28.8 Å². The van der Waals surface area contributed by atoms with Crippen molar-refractivity contribution in [2.45, 2.75) is 20.3 Å². The van der Waals surface area contributed by atoms with Crippen LogP contribution in [0.2, 0.25) is 0 Å². The van der Waals surface area contributed by atoms with E-state index >= 15 is 0 Å². The Morgan fingerprint density at radius 1 is 1.35 bits per heavy atom. The number of rotatable bonds is 5. The second-order valence-corrected chi connectivity index (χ2v) is 4.05. The lowest BCUT2D eigenvalue weighted by atomic mass is 10.0. The zero-order valence-corrected chi connectivity index (χ0v) is 10.7. The lowest BCUT2D eigenvalue weighted by Crippen LogP contribution is -2.31. The van der Waals surface area contributed by atoms with Gasteiger partial charge in [0.2, 0.25) is 5.91 Å². The molecule has 17 heavy (non-hydrogen) atoms. The molecule has 1 amide bonds. The zero-order valence-electron chi connectivity index (χ0n) is 10.7. The van der Waals surface area contributed by atoms with E-state index in [1.165, 1.54) is 11.1 Å². The van der Waals surface area contributed by atoms with Crippen molar-refractivity contribution in [1.29, 1.82) is 0 Å². The molecule has 0 aliphatic rings. The van der Waals surface area contributed by atoms with Gasteiger partial charge in [0.25, 0.3) is 0 Å². The molecule has 1 aromatic rings. The predicted molar refractivity (Wildman–Crippen MR) is 68.2 cm³/mol. The molecule has 0 heterocycles. The van der Waals surface area contributed by atoms with Crippen LogP contribution in [0.5, 0.6) is 5.75 Å². The number of hydrogen-bond donors (Lipinski definition) is 2. The number of nitrogens with two attached hydrogens (primary N) is 1. The molecular formula is C13H20N2O2. The van der Waals surface area contributed by atoms with Gasteiger partial charge in [0.05, 0.1) is 13.7 Å². The second-order valence-electron chi connectivity index (χ2n) is 4.05. The van der Waals surface area contributed by atoms with E-state index in [0.29, 0.717) is 6.54 Å². The van der Waals surface area contributed by atoms with Crippen LogP contribution in [-0.2, 0) is 11.2 Å². The number of benzene rings is 1. The Labute approximate surface area is 102 Å². The lowest BCUT2D eigenvalue weighted by molar-refractivity contribution is -0.119. The molecule has 1 aromatic carbocycles. The van der Waals surface area contributed by atoms with Crippen LogP contribution in [0.25, 0.3) is 0 Å². The number of carbonyl (C=O) groups excluding carboxylic acids is 1. The van der Waals surface area contributed by atoms with Gasteiger partial charge in [-0.1, -0.05) is 6.07 Å². The first-order valence-electron chi connectivity index (χ1n) is 5.69. The number of aryl methyl sites for hydroxylation is 2. The van der Waals surface area contributed by atoms with Gasteiger partial charge in [0, 0.05) is 6.54 Å². The maximum Gasteiger partial charge on any atom is 0.233 e. The average molecular weight is 236 g/mol. The molecule has 94 valence electrons. The van der Waals surface area contributed by atoms with Crippen molar-refractivity contribution in [2.24, 2.45) is 5.73 Å². The van der Waals surface area contributed by atoms with Crippen LogP contribution < -0.4 is 15.8 Å². The van der Waals surface area contributed by atoms with Crippen LogP contribution in [0.3, 0.4) is 0 Å². The average Bonchev–Trinajstić information content (AvgIpc) is 2.32. The van der Waals surface area contributed by atoms with Crippen molar-refractivity contribution in [3.8, 4) is 5.75 Å². The summed E-state index contributed by atoms with van der Waals surface area (Å²) in [6, 6.07) is 4.12. The van der Waals surface area contributed by atoms with Crippen LogP contribution in [-0.4, -0.2) is 26.1 Å². The molecule has 0 unspecified atom stereocenters. The smallest absolute Gasteiger partial charge is 0.233 e. The van der Waals surface area contributed by atoms with Crippen molar-refractivity contribution in [3.63, 3.8) is 0 Å². The summed E-state index contributed by atoms with van der Waals surface area (Å²) in [4.78, 5) is 11.0. The highest BCUT2D eigenvalue weighted by Gasteiger charge is 2.05. The summed E-state index contributed by atoms with van der Waals surface area (Å²) in [5, 5.41) is 2.76. The van der Waals surface area contributed by atoms with Gasteiger partial charge in [0.1, 0.15) is 5.75 Å². The van der Waals surface area contributed by atoms with Crippen LogP contribution >= 0.6 is 0 Å².